The Morgan fingerprint density at radius 3 is 2.71 bits per heavy atom. The van der Waals surface area contributed by atoms with Gasteiger partial charge in [-0.05, 0) is 23.5 Å². The monoisotopic (exact) mass is 189 g/mol. The van der Waals surface area contributed by atoms with Gasteiger partial charge in [-0.15, -0.1) is 0 Å². The summed E-state index contributed by atoms with van der Waals surface area (Å²) in [6, 6.07) is 9.09. The lowest BCUT2D eigenvalue weighted by molar-refractivity contribution is 0.448. The van der Waals surface area contributed by atoms with Crippen molar-refractivity contribution in [2.75, 3.05) is 13.1 Å². The van der Waals surface area contributed by atoms with Gasteiger partial charge in [0, 0.05) is 19.0 Å². The van der Waals surface area contributed by atoms with E-state index in [1.54, 1.807) is 0 Å². The number of rotatable bonds is 3. The first-order valence-corrected chi connectivity index (χ1v) is 5.55. The summed E-state index contributed by atoms with van der Waals surface area (Å²) in [5, 5.41) is 3.32. The predicted molar refractivity (Wildman–Crippen MR) is 60.6 cm³/mol. The van der Waals surface area contributed by atoms with Crippen LogP contribution < -0.4 is 5.32 Å². The highest BCUT2D eigenvalue weighted by Crippen LogP contribution is 2.21. The molecule has 0 atom stereocenters. The maximum absolute atomic E-state index is 3.32. The highest BCUT2D eigenvalue weighted by Gasteiger charge is 2.18. The Labute approximate surface area is 86.5 Å². The molecule has 1 nitrogen and oxygen atoms in total. The van der Waals surface area contributed by atoms with E-state index in [1.807, 2.05) is 0 Å². The molecular weight excluding hydrogens is 170 g/mol. The molecule has 0 amide bonds. The molecule has 1 N–H and O–H groups in total. The first-order valence-electron chi connectivity index (χ1n) is 5.55. The fourth-order valence-electron chi connectivity index (χ4n) is 1.97. The molecule has 1 aliphatic rings. The van der Waals surface area contributed by atoms with Crippen molar-refractivity contribution in [2.45, 2.75) is 26.2 Å². The smallest absolute Gasteiger partial charge is 0.00886 e. The fourth-order valence-corrected chi connectivity index (χ4v) is 1.97. The van der Waals surface area contributed by atoms with Gasteiger partial charge in [-0.25, -0.2) is 0 Å². The predicted octanol–water partition coefficient (Wildman–Crippen LogP) is 2.57. The third kappa shape index (κ3) is 2.16. The molecule has 0 saturated carbocycles. The molecule has 1 heteroatoms. The SMILES string of the molecule is CC(C)Cc1cccc(C2CNC2)c1. The molecule has 1 aliphatic heterocycles. The van der Waals surface area contributed by atoms with Crippen LogP contribution in [0, 0.1) is 5.92 Å². The Hall–Kier alpha value is -0.820. The van der Waals surface area contributed by atoms with Crippen molar-refractivity contribution in [3.63, 3.8) is 0 Å². The van der Waals surface area contributed by atoms with E-state index in [0.29, 0.717) is 0 Å². The van der Waals surface area contributed by atoms with E-state index in [-0.39, 0.29) is 0 Å². The summed E-state index contributed by atoms with van der Waals surface area (Å²) in [6.45, 7) is 6.87. The molecule has 1 heterocycles. The molecule has 0 aliphatic carbocycles. The van der Waals surface area contributed by atoms with Gasteiger partial charge in [-0.3, -0.25) is 0 Å². The van der Waals surface area contributed by atoms with Crippen LogP contribution in [-0.2, 0) is 6.42 Å². The zero-order chi connectivity index (χ0) is 9.97. The Morgan fingerprint density at radius 2 is 2.14 bits per heavy atom. The molecule has 0 aromatic heterocycles. The summed E-state index contributed by atoms with van der Waals surface area (Å²) in [6.07, 6.45) is 1.20. The number of hydrogen-bond acceptors (Lipinski definition) is 1. The topological polar surface area (TPSA) is 12.0 Å². The lowest BCUT2D eigenvalue weighted by Gasteiger charge is -2.27. The van der Waals surface area contributed by atoms with Gasteiger partial charge in [-0.1, -0.05) is 38.1 Å². The van der Waals surface area contributed by atoms with Gasteiger partial charge in [0.05, 0.1) is 0 Å². The van der Waals surface area contributed by atoms with Crippen LogP contribution in [0.1, 0.15) is 30.9 Å². The van der Waals surface area contributed by atoms with Crippen molar-refractivity contribution < 1.29 is 0 Å². The van der Waals surface area contributed by atoms with Gasteiger partial charge in [0.1, 0.15) is 0 Å². The van der Waals surface area contributed by atoms with Gasteiger partial charge in [0.2, 0.25) is 0 Å². The molecule has 14 heavy (non-hydrogen) atoms. The van der Waals surface area contributed by atoms with E-state index in [1.165, 1.54) is 17.5 Å². The Kier molecular flexibility index (Phi) is 2.87. The first kappa shape index (κ1) is 9.72. The van der Waals surface area contributed by atoms with E-state index in [0.717, 1.165) is 24.9 Å². The number of hydrogen-bond donors (Lipinski definition) is 1. The summed E-state index contributed by atoms with van der Waals surface area (Å²) in [7, 11) is 0. The van der Waals surface area contributed by atoms with Crippen LogP contribution in [0.15, 0.2) is 24.3 Å². The molecule has 1 aromatic carbocycles. The van der Waals surface area contributed by atoms with Crippen molar-refractivity contribution >= 4 is 0 Å². The van der Waals surface area contributed by atoms with Crippen LogP contribution in [0.4, 0.5) is 0 Å². The van der Waals surface area contributed by atoms with Crippen LogP contribution in [0.5, 0.6) is 0 Å². The third-order valence-corrected chi connectivity index (χ3v) is 2.85. The zero-order valence-corrected chi connectivity index (χ0v) is 9.09. The van der Waals surface area contributed by atoms with Crippen molar-refractivity contribution in [2.24, 2.45) is 5.92 Å². The highest BCUT2D eigenvalue weighted by atomic mass is 14.9. The van der Waals surface area contributed by atoms with E-state index in [2.05, 4.69) is 43.4 Å². The molecule has 1 fully saturated rings. The maximum atomic E-state index is 3.32. The fraction of sp³-hybridized carbons (Fsp3) is 0.538. The van der Waals surface area contributed by atoms with Gasteiger partial charge in [0.15, 0.2) is 0 Å². The molecule has 0 unspecified atom stereocenters. The molecule has 76 valence electrons. The minimum absolute atomic E-state index is 0.754. The standard InChI is InChI=1S/C13H19N/c1-10(2)6-11-4-3-5-12(7-11)13-8-14-9-13/h3-5,7,10,13-14H,6,8-9H2,1-2H3. The average Bonchev–Trinajstić information content (AvgIpc) is 1.99. The molecule has 1 aromatic rings. The Morgan fingerprint density at radius 1 is 1.36 bits per heavy atom. The molecule has 0 spiro atoms. The molecule has 0 radical (unpaired) electrons. The molecular formula is C13H19N. The van der Waals surface area contributed by atoms with Crippen molar-refractivity contribution in [1.29, 1.82) is 0 Å². The van der Waals surface area contributed by atoms with Crippen molar-refractivity contribution in [3.8, 4) is 0 Å². The first-order chi connectivity index (χ1) is 6.75. The Balaban J connectivity index is 2.09. The summed E-state index contributed by atoms with van der Waals surface area (Å²) in [5.74, 6) is 1.52. The summed E-state index contributed by atoms with van der Waals surface area (Å²) in [5.41, 5.74) is 3.01. The third-order valence-electron chi connectivity index (χ3n) is 2.85. The second-order valence-electron chi connectivity index (χ2n) is 4.70. The summed E-state index contributed by atoms with van der Waals surface area (Å²) >= 11 is 0. The molecule has 1 saturated heterocycles. The summed E-state index contributed by atoms with van der Waals surface area (Å²) < 4.78 is 0. The summed E-state index contributed by atoms with van der Waals surface area (Å²) in [4.78, 5) is 0. The van der Waals surface area contributed by atoms with Gasteiger partial charge in [0.25, 0.3) is 0 Å². The van der Waals surface area contributed by atoms with E-state index < -0.39 is 0 Å². The normalized spacial score (nSPS) is 17.1. The molecule has 0 bridgehead atoms. The van der Waals surface area contributed by atoms with Gasteiger partial charge >= 0.3 is 0 Å². The Bertz CT molecular complexity index is 300. The van der Waals surface area contributed by atoms with E-state index >= 15 is 0 Å². The molecule has 2 rings (SSSR count). The lowest BCUT2D eigenvalue weighted by atomic mass is 9.91. The lowest BCUT2D eigenvalue weighted by Crippen LogP contribution is -2.39. The van der Waals surface area contributed by atoms with Crippen LogP contribution in [0.25, 0.3) is 0 Å². The number of benzene rings is 1. The quantitative estimate of drug-likeness (QED) is 0.770. The second kappa shape index (κ2) is 4.14. The van der Waals surface area contributed by atoms with Crippen LogP contribution in [0.3, 0.4) is 0 Å². The van der Waals surface area contributed by atoms with Crippen LogP contribution >= 0.6 is 0 Å². The van der Waals surface area contributed by atoms with Gasteiger partial charge < -0.3 is 5.32 Å². The van der Waals surface area contributed by atoms with E-state index in [9.17, 15) is 0 Å². The van der Waals surface area contributed by atoms with E-state index in [4.69, 9.17) is 0 Å². The van der Waals surface area contributed by atoms with Crippen molar-refractivity contribution in [1.82, 2.24) is 5.32 Å². The average molecular weight is 189 g/mol. The van der Waals surface area contributed by atoms with Crippen LogP contribution in [-0.4, -0.2) is 13.1 Å². The zero-order valence-electron chi connectivity index (χ0n) is 9.09. The highest BCUT2D eigenvalue weighted by molar-refractivity contribution is 5.28. The second-order valence-corrected chi connectivity index (χ2v) is 4.70. The van der Waals surface area contributed by atoms with Crippen molar-refractivity contribution in [3.05, 3.63) is 35.4 Å². The number of nitrogens with one attached hydrogen (secondary N) is 1. The maximum Gasteiger partial charge on any atom is 0.00886 e. The van der Waals surface area contributed by atoms with Crippen LogP contribution in [0.2, 0.25) is 0 Å². The minimum atomic E-state index is 0.754. The minimum Gasteiger partial charge on any atom is -0.315 e. The van der Waals surface area contributed by atoms with Gasteiger partial charge in [-0.2, -0.15) is 0 Å². The largest absolute Gasteiger partial charge is 0.315 e.